The van der Waals surface area contributed by atoms with Gasteiger partial charge in [0.2, 0.25) is 0 Å². The number of hydrogen-bond acceptors (Lipinski definition) is 1. The van der Waals surface area contributed by atoms with Crippen LogP contribution in [-0.4, -0.2) is 0 Å². The molecule has 0 amide bonds. The van der Waals surface area contributed by atoms with Crippen LogP contribution in [0, 0.1) is 0 Å². The van der Waals surface area contributed by atoms with Crippen LogP contribution in [0.2, 0.25) is 4.73 Å². The molecule has 0 aliphatic heterocycles. The number of rotatable bonds is 2. The van der Waals surface area contributed by atoms with Crippen molar-refractivity contribution in [1.82, 2.24) is 0 Å². The molecule has 0 fully saturated rings. The molecule has 0 heterocycles. The van der Waals surface area contributed by atoms with Crippen LogP contribution in [0.25, 0.3) is 0 Å². The first-order valence-electron chi connectivity index (χ1n) is 1.76. The molecule has 0 radical (unpaired) electrons. The van der Waals surface area contributed by atoms with Gasteiger partial charge in [-0.3, -0.25) is 0 Å². The van der Waals surface area contributed by atoms with Gasteiger partial charge in [-0.1, -0.05) is 0 Å². The first-order valence-corrected chi connectivity index (χ1v) is 3.51. The predicted octanol–water partition coefficient (Wildman–Crippen LogP) is 1.24. The van der Waals surface area contributed by atoms with Crippen molar-refractivity contribution < 1.29 is 22.4 Å². The number of hydrogen-bond donors (Lipinski definition) is 0. The summed E-state index contributed by atoms with van der Waals surface area (Å²) in [5.74, 6) is 0. The van der Waals surface area contributed by atoms with E-state index >= 15 is 0 Å². The molecule has 0 spiro atoms. The second-order valence-electron chi connectivity index (χ2n) is 0.894. The Morgan fingerprint density at radius 1 is 1.80 bits per heavy atom. The Morgan fingerprint density at radius 3 is 2.40 bits per heavy atom. The zero-order chi connectivity index (χ0) is 4.12. The van der Waals surface area contributed by atoms with Crippen LogP contribution in [0.3, 0.4) is 0 Å². The predicted molar refractivity (Wildman–Crippen MR) is 15.8 cm³/mol. The molecule has 0 aromatic carbocycles. The fraction of sp³-hybridized carbons (Fsp3) is 1.00. The molecule has 0 unspecified atom stereocenters. The quantitative estimate of drug-likeness (QED) is 0.485. The summed E-state index contributed by atoms with van der Waals surface area (Å²) < 4.78 is 10.6. The van der Waals surface area contributed by atoms with Crippen molar-refractivity contribution in [3.8, 4) is 0 Å². The SMILES string of the molecule is CC[CH2][Ti]=[O]. The summed E-state index contributed by atoms with van der Waals surface area (Å²) in [7, 11) is 0. The Labute approximate surface area is 41.0 Å². The van der Waals surface area contributed by atoms with Gasteiger partial charge < -0.3 is 0 Å². The third-order valence-electron chi connectivity index (χ3n) is 0.352. The topological polar surface area (TPSA) is 17.1 Å². The van der Waals surface area contributed by atoms with E-state index in [0.29, 0.717) is 0 Å². The fourth-order valence-corrected chi connectivity index (χ4v) is 0.421. The molecule has 0 aromatic heterocycles. The van der Waals surface area contributed by atoms with Gasteiger partial charge in [0.05, 0.1) is 0 Å². The molecule has 0 N–H and O–H groups in total. The van der Waals surface area contributed by atoms with E-state index in [9.17, 15) is 3.32 Å². The Balaban J connectivity index is 2.40. The molecule has 5 heavy (non-hydrogen) atoms. The van der Waals surface area contributed by atoms with E-state index < -0.39 is 19.1 Å². The third kappa shape index (κ3) is 4.51. The monoisotopic (exact) mass is 107 g/mol. The summed E-state index contributed by atoms with van der Waals surface area (Å²) in [5, 5.41) is 0. The Kier molecular flexibility index (Phi) is 4.98. The average molecular weight is 107 g/mol. The molecule has 0 saturated carbocycles. The van der Waals surface area contributed by atoms with Crippen LogP contribution in [0.5, 0.6) is 0 Å². The molecule has 29 valence electrons. The second kappa shape index (κ2) is 4.51. The van der Waals surface area contributed by atoms with Gasteiger partial charge in [-0.25, -0.2) is 0 Å². The van der Waals surface area contributed by atoms with E-state index in [2.05, 4.69) is 0 Å². The van der Waals surface area contributed by atoms with Gasteiger partial charge in [0.1, 0.15) is 0 Å². The Bertz CT molecular complexity index is 28.1. The van der Waals surface area contributed by atoms with Gasteiger partial charge in [0, 0.05) is 0 Å². The van der Waals surface area contributed by atoms with E-state index in [-0.39, 0.29) is 0 Å². The van der Waals surface area contributed by atoms with E-state index in [1.807, 2.05) is 6.92 Å². The van der Waals surface area contributed by atoms with E-state index in [0.717, 1.165) is 11.1 Å². The zero-order valence-electron chi connectivity index (χ0n) is 3.32. The summed E-state index contributed by atoms with van der Waals surface area (Å²) in [6.07, 6.45) is 1.09. The van der Waals surface area contributed by atoms with Crippen molar-refractivity contribution in [3.05, 3.63) is 0 Å². The van der Waals surface area contributed by atoms with Crippen LogP contribution in [0.15, 0.2) is 0 Å². The van der Waals surface area contributed by atoms with Crippen LogP contribution in [0.4, 0.5) is 0 Å². The molecule has 0 atom stereocenters. The maximum absolute atomic E-state index is 9.65. The van der Waals surface area contributed by atoms with Gasteiger partial charge in [-0.05, 0) is 0 Å². The normalized spacial score (nSPS) is 6.60. The van der Waals surface area contributed by atoms with E-state index in [1.165, 1.54) is 0 Å². The molecule has 2 heteroatoms. The first-order chi connectivity index (χ1) is 2.41. The molecular formula is C3H7OTi. The summed E-state index contributed by atoms with van der Waals surface area (Å²) in [4.78, 5) is 0. The Morgan fingerprint density at radius 2 is 2.40 bits per heavy atom. The molecule has 0 rings (SSSR count). The van der Waals surface area contributed by atoms with Crippen molar-refractivity contribution in [3.63, 3.8) is 0 Å². The van der Waals surface area contributed by atoms with Crippen molar-refractivity contribution in [2.24, 2.45) is 0 Å². The van der Waals surface area contributed by atoms with Gasteiger partial charge in [0.15, 0.2) is 0 Å². The summed E-state index contributed by atoms with van der Waals surface area (Å²) in [5.41, 5.74) is 0. The minimum atomic E-state index is -0.743. The van der Waals surface area contributed by atoms with Gasteiger partial charge in [0.25, 0.3) is 0 Å². The van der Waals surface area contributed by atoms with E-state index in [4.69, 9.17) is 0 Å². The van der Waals surface area contributed by atoms with Gasteiger partial charge >= 0.3 is 40.5 Å². The molecule has 0 saturated heterocycles. The van der Waals surface area contributed by atoms with Crippen molar-refractivity contribution >= 4 is 0 Å². The van der Waals surface area contributed by atoms with E-state index in [1.54, 1.807) is 0 Å². The fourth-order valence-electron chi connectivity index (χ4n) is 0.102. The van der Waals surface area contributed by atoms with Gasteiger partial charge in [-0.2, -0.15) is 0 Å². The average Bonchev–Trinajstić information content (AvgIpc) is 1.41. The maximum atomic E-state index is 9.65. The van der Waals surface area contributed by atoms with Crippen molar-refractivity contribution in [2.75, 3.05) is 0 Å². The second-order valence-corrected chi connectivity index (χ2v) is 2.13. The summed E-state index contributed by atoms with van der Waals surface area (Å²) in [6, 6.07) is 0. The van der Waals surface area contributed by atoms with Crippen molar-refractivity contribution in [2.45, 2.75) is 18.1 Å². The van der Waals surface area contributed by atoms with Crippen LogP contribution < -0.4 is 0 Å². The molecular weight excluding hydrogens is 99.9 g/mol. The van der Waals surface area contributed by atoms with Crippen LogP contribution >= 0.6 is 0 Å². The minimum absolute atomic E-state index is 0.743. The van der Waals surface area contributed by atoms with Crippen LogP contribution in [0.1, 0.15) is 13.3 Å². The molecule has 0 aliphatic rings. The molecule has 0 aromatic rings. The van der Waals surface area contributed by atoms with Gasteiger partial charge in [-0.15, -0.1) is 0 Å². The molecule has 0 aliphatic carbocycles. The standard InChI is InChI=1S/C3H7.O.Ti/c1-3-2;;/h1,3H2,2H3;;. The Hall–Kier alpha value is 0.514. The van der Waals surface area contributed by atoms with Crippen LogP contribution in [-0.2, 0) is 22.4 Å². The zero-order valence-corrected chi connectivity index (χ0v) is 4.88. The summed E-state index contributed by atoms with van der Waals surface area (Å²) >= 11 is -0.743. The first kappa shape index (κ1) is 5.51. The van der Waals surface area contributed by atoms with Crippen molar-refractivity contribution in [1.29, 1.82) is 0 Å². The molecule has 1 nitrogen and oxygen atoms in total. The third-order valence-corrected chi connectivity index (χ3v) is 1.45. The summed E-state index contributed by atoms with van der Waals surface area (Å²) in [6.45, 7) is 2.04. The molecule has 0 bridgehead atoms.